The highest BCUT2D eigenvalue weighted by Gasteiger charge is 2.33. The number of sulfonamides is 1. The number of benzene rings is 3. The van der Waals surface area contributed by atoms with E-state index in [1.807, 2.05) is 37.3 Å². The zero-order chi connectivity index (χ0) is 28.4. The Morgan fingerprint density at radius 3 is 2.21 bits per heavy atom. The fourth-order valence-corrected chi connectivity index (χ4v) is 5.61. The fourth-order valence-electron chi connectivity index (χ4n) is 4.18. The van der Waals surface area contributed by atoms with Crippen LogP contribution in [0.2, 0.25) is 0 Å². The lowest BCUT2D eigenvalue weighted by Crippen LogP contribution is -2.52. The van der Waals surface area contributed by atoms with Gasteiger partial charge in [0.05, 0.1) is 17.2 Å². The Morgan fingerprint density at radius 1 is 0.923 bits per heavy atom. The van der Waals surface area contributed by atoms with Crippen LogP contribution in [0.3, 0.4) is 0 Å². The molecule has 3 aromatic carbocycles. The summed E-state index contributed by atoms with van der Waals surface area (Å²) in [6, 6.07) is 22.0. The van der Waals surface area contributed by atoms with Gasteiger partial charge in [0.15, 0.2) is 0 Å². The lowest BCUT2D eigenvalue weighted by atomic mass is 10.1. The number of amides is 2. The molecule has 0 heterocycles. The second-order valence-electron chi connectivity index (χ2n) is 9.12. The van der Waals surface area contributed by atoms with Crippen LogP contribution >= 0.6 is 0 Å². The number of nitrogens with zero attached hydrogens (tertiary/aromatic N) is 2. The van der Waals surface area contributed by atoms with E-state index < -0.39 is 28.5 Å². The smallest absolute Gasteiger partial charge is 0.264 e. The minimum absolute atomic E-state index is 0.0554. The van der Waals surface area contributed by atoms with E-state index >= 15 is 0 Å². The summed E-state index contributed by atoms with van der Waals surface area (Å²) in [6.07, 6.45) is 0.510. The second-order valence-corrected chi connectivity index (χ2v) is 11.0. The van der Waals surface area contributed by atoms with E-state index in [0.717, 1.165) is 15.4 Å². The maximum absolute atomic E-state index is 14.0. The molecule has 0 saturated carbocycles. The van der Waals surface area contributed by atoms with Crippen molar-refractivity contribution in [3.63, 3.8) is 0 Å². The van der Waals surface area contributed by atoms with E-state index in [4.69, 9.17) is 4.74 Å². The Bertz CT molecular complexity index is 1340. The largest absolute Gasteiger partial charge is 0.492 e. The van der Waals surface area contributed by atoms with Crippen molar-refractivity contribution >= 4 is 27.5 Å². The maximum atomic E-state index is 14.0. The first-order valence-electron chi connectivity index (χ1n) is 13.1. The van der Waals surface area contributed by atoms with Gasteiger partial charge in [0.25, 0.3) is 10.0 Å². The van der Waals surface area contributed by atoms with Gasteiger partial charge in [0, 0.05) is 13.1 Å². The third kappa shape index (κ3) is 7.60. The molecule has 1 N–H and O–H groups in total. The lowest BCUT2D eigenvalue weighted by Gasteiger charge is -2.32. The van der Waals surface area contributed by atoms with E-state index in [1.54, 1.807) is 57.2 Å². The van der Waals surface area contributed by atoms with Gasteiger partial charge in [0.2, 0.25) is 11.8 Å². The quantitative estimate of drug-likeness (QED) is 0.344. The van der Waals surface area contributed by atoms with Gasteiger partial charge in [-0.25, -0.2) is 8.42 Å². The summed E-state index contributed by atoms with van der Waals surface area (Å²) >= 11 is 0. The minimum Gasteiger partial charge on any atom is -0.492 e. The topological polar surface area (TPSA) is 96.0 Å². The molecule has 0 fully saturated rings. The average Bonchev–Trinajstić information content (AvgIpc) is 2.93. The number of aryl methyl sites for hydroxylation is 1. The van der Waals surface area contributed by atoms with Crippen LogP contribution in [-0.2, 0) is 26.0 Å². The number of ether oxygens (including phenoxy) is 1. The van der Waals surface area contributed by atoms with Crippen molar-refractivity contribution in [1.29, 1.82) is 0 Å². The summed E-state index contributed by atoms with van der Waals surface area (Å²) in [5.41, 5.74) is 2.17. The number of likely N-dealkylation sites (N-methyl/N-ethyl adjacent to an activating group) is 1. The molecule has 0 unspecified atom stereocenters. The Kier molecular flexibility index (Phi) is 10.5. The van der Waals surface area contributed by atoms with Crippen LogP contribution in [0.1, 0.15) is 31.9 Å². The summed E-state index contributed by atoms with van der Waals surface area (Å²) in [4.78, 5) is 28.2. The van der Waals surface area contributed by atoms with E-state index in [9.17, 15) is 18.0 Å². The van der Waals surface area contributed by atoms with Crippen LogP contribution < -0.4 is 14.4 Å². The number of para-hydroxylation sites is 2. The zero-order valence-corrected chi connectivity index (χ0v) is 23.8. The minimum atomic E-state index is -4.16. The number of nitrogens with one attached hydrogen (secondary N) is 1. The number of anilines is 1. The van der Waals surface area contributed by atoms with Gasteiger partial charge < -0.3 is 15.0 Å². The number of hydrogen-bond donors (Lipinski definition) is 1. The van der Waals surface area contributed by atoms with Crippen molar-refractivity contribution in [3.05, 3.63) is 90.0 Å². The average molecular weight is 552 g/mol. The standard InChI is InChI=1S/C30H37N3O5S/c1-5-31-30(35)24(4)32(21-20-25-12-8-7-9-13-25)29(34)22-33(27-14-10-11-15-28(27)38-6-2)39(36,37)26-18-16-23(3)17-19-26/h7-19,24H,5-6,20-22H2,1-4H3,(H,31,35)/t24-/m0/s1. The maximum Gasteiger partial charge on any atom is 0.264 e. The van der Waals surface area contributed by atoms with Crippen LogP contribution in [0.25, 0.3) is 0 Å². The lowest BCUT2D eigenvalue weighted by molar-refractivity contribution is -0.138. The zero-order valence-electron chi connectivity index (χ0n) is 23.0. The Balaban J connectivity index is 2.02. The molecular formula is C30H37N3O5S. The molecule has 0 aromatic heterocycles. The molecule has 9 heteroatoms. The number of hydrogen-bond acceptors (Lipinski definition) is 5. The van der Waals surface area contributed by atoms with Crippen molar-refractivity contribution < 1.29 is 22.7 Å². The Morgan fingerprint density at radius 2 is 1.56 bits per heavy atom. The monoisotopic (exact) mass is 551 g/mol. The highest BCUT2D eigenvalue weighted by atomic mass is 32.2. The molecule has 0 radical (unpaired) electrons. The summed E-state index contributed by atoms with van der Waals surface area (Å²) in [5.74, 6) is -0.454. The first-order chi connectivity index (χ1) is 18.7. The van der Waals surface area contributed by atoms with Gasteiger partial charge in [-0.3, -0.25) is 13.9 Å². The molecule has 1 atom stereocenters. The number of rotatable bonds is 13. The van der Waals surface area contributed by atoms with Crippen LogP contribution in [0.5, 0.6) is 5.75 Å². The summed E-state index contributed by atoms with van der Waals surface area (Å²) in [5, 5.41) is 2.77. The second kappa shape index (κ2) is 13.8. The molecule has 3 aromatic rings. The van der Waals surface area contributed by atoms with Crippen molar-refractivity contribution in [1.82, 2.24) is 10.2 Å². The molecule has 0 aliphatic heterocycles. The molecular weight excluding hydrogens is 514 g/mol. The highest BCUT2D eigenvalue weighted by molar-refractivity contribution is 7.92. The van der Waals surface area contributed by atoms with Crippen LogP contribution in [0.15, 0.2) is 83.8 Å². The SMILES string of the molecule is CCNC(=O)[C@H](C)N(CCc1ccccc1)C(=O)CN(c1ccccc1OCC)S(=O)(=O)c1ccc(C)cc1. The van der Waals surface area contributed by atoms with E-state index in [2.05, 4.69) is 5.32 Å². The molecule has 2 amide bonds. The first kappa shape index (κ1) is 29.7. The number of carbonyl (C=O) groups excluding carboxylic acids is 2. The third-order valence-electron chi connectivity index (χ3n) is 6.32. The summed E-state index contributed by atoms with van der Waals surface area (Å²) in [6.45, 7) is 7.61. The van der Waals surface area contributed by atoms with Crippen LogP contribution in [0.4, 0.5) is 5.69 Å². The van der Waals surface area contributed by atoms with Gasteiger partial charge in [-0.1, -0.05) is 60.2 Å². The molecule has 3 rings (SSSR count). The summed E-state index contributed by atoms with van der Waals surface area (Å²) < 4.78 is 34.7. The van der Waals surface area contributed by atoms with Gasteiger partial charge in [-0.05, 0) is 63.9 Å². The van der Waals surface area contributed by atoms with Crippen LogP contribution in [0, 0.1) is 6.92 Å². The van der Waals surface area contributed by atoms with Crippen LogP contribution in [-0.4, -0.2) is 57.4 Å². The highest BCUT2D eigenvalue weighted by Crippen LogP contribution is 2.33. The van der Waals surface area contributed by atoms with Gasteiger partial charge in [-0.2, -0.15) is 0 Å². The van der Waals surface area contributed by atoms with Gasteiger partial charge in [-0.15, -0.1) is 0 Å². The van der Waals surface area contributed by atoms with Crippen molar-refractivity contribution in [3.8, 4) is 5.75 Å². The molecule has 0 aliphatic carbocycles. The van der Waals surface area contributed by atoms with Gasteiger partial charge in [0.1, 0.15) is 18.3 Å². The molecule has 0 bridgehead atoms. The molecule has 0 spiro atoms. The predicted molar refractivity (Wildman–Crippen MR) is 153 cm³/mol. The fraction of sp³-hybridized carbons (Fsp3) is 0.333. The first-order valence-corrected chi connectivity index (χ1v) is 14.5. The molecule has 8 nitrogen and oxygen atoms in total. The molecule has 208 valence electrons. The normalized spacial score (nSPS) is 11.9. The Labute approximate surface area is 231 Å². The van der Waals surface area contributed by atoms with E-state index in [-0.39, 0.29) is 23.0 Å². The van der Waals surface area contributed by atoms with Gasteiger partial charge >= 0.3 is 0 Å². The predicted octanol–water partition coefficient (Wildman–Crippen LogP) is 4.18. The van der Waals surface area contributed by atoms with Crippen molar-refractivity contribution in [2.45, 2.75) is 45.1 Å². The molecule has 0 aliphatic rings. The molecule has 39 heavy (non-hydrogen) atoms. The van der Waals surface area contributed by atoms with E-state index in [0.29, 0.717) is 25.3 Å². The third-order valence-corrected chi connectivity index (χ3v) is 8.10. The van der Waals surface area contributed by atoms with E-state index in [1.165, 1.54) is 17.0 Å². The molecule has 0 saturated heterocycles. The van der Waals surface area contributed by atoms with Crippen molar-refractivity contribution in [2.24, 2.45) is 0 Å². The Hall–Kier alpha value is -3.85. The van der Waals surface area contributed by atoms with Crippen molar-refractivity contribution in [2.75, 3.05) is 30.5 Å². The number of carbonyl (C=O) groups is 2. The summed E-state index contributed by atoms with van der Waals surface area (Å²) in [7, 11) is -4.16.